The van der Waals surface area contributed by atoms with Crippen LogP contribution in [0.15, 0.2) is 24.3 Å². The summed E-state index contributed by atoms with van der Waals surface area (Å²) in [4.78, 5) is 12.2. The third-order valence-electron chi connectivity index (χ3n) is 5.42. The fourth-order valence-corrected chi connectivity index (χ4v) is 4.12. The number of hydrogen-bond acceptors (Lipinski definition) is 4. The highest BCUT2D eigenvalue weighted by atomic mass is 35.5. The Labute approximate surface area is 160 Å². The second-order valence-electron chi connectivity index (χ2n) is 7.52. The number of hydrazine groups is 1. The van der Waals surface area contributed by atoms with E-state index in [1.165, 1.54) is 5.56 Å². The highest BCUT2D eigenvalue weighted by Crippen LogP contribution is 2.28. The van der Waals surface area contributed by atoms with Crippen molar-refractivity contribution in [3.8, 4) is 0 Å². The summed E-state index contributed by atoms with van der Waals surface area (Å²) < 4.78 is 0. The summed E-state index contributed by atoms with van der Waals surface area (Å²) in [5.41, 5.74) is 4.37. The molecule has 4 N–H and O–H groups in total. The number of hydrogen-bond donors (Lipinski definition) is 4. The van der Waals surface area contributed by atoms with Gasteiger partial charge in [-0.1, -0.05) is 23.7 Å². The summed E-state index contributed by atoms with van der Waals surface area (Å²) in [6.45, 7) is 0. The molecule has 1 saturated heterocycles. The number of benzene rings is 1. The van der Waals surface area contributed by atoms with Crippen molar-refractivity contribution in [2.45, 2.75) is 63.4 Å². The van der Waals surface area contributed by atoms with Gasteiger partial charge in [-0.15, -0.1) is 0 Å². The molecule has 6 nitrogen and oxygen atoms in total. The fourth-order valence-electron chi connectivity index (χ4n) is 3.90. The predicted molar refractivity (Wildman–Crippen MR) is 102 cm³/mol. The molecule has 2 fully saturated rings. The van der Waals surface area contributed by atoms with Gasteiger partial charge >= 0.3 is 6.03 Å². The Hall–Kier alpha value is -1.34. The number of nitrogens with one attached hydrogen (secondary N) is 3. The number of rotatable bonds is 4. The van der Waals surface area contributed by atoms with Gasteiger partial charge in [0.25, 0.3) is 0 Å². The SMILES string of the molecule is CN1NC(NC(=O)NC2CCC(Cc3cccc(Cl)c3)CC2)CCC1O. The molecule has 1 saturated carbocycles. The summed E-state index contributed by atoms with van der Waals surface area (Å²) in [7, 11) is 1.78. The van der Waals surface area contributed by atoms with Crippen LogP contribution in [0.2, 0.25) is 5.02 Å². The summed E-state index contributed by atoms with van der Waals surface area (Å²) in [6.07, 6.45) is 6.04. The maximum Gasteiger partial charge on any atom is 0.316 e. The van der Waals surface area contributed by atoms with Crippen LogP contribution in [0.1, 0.15) is 44.1 Å². The standard InChI is InChI=1S/C19H29ClN4O2/c1-24-18(25)10-9-17(23-24)22-19(26)21-16-7-5-13(6-8-16)11-14-3-2-4-15(20)12-14/h2-4,12-13,16-18,23,25H,5-11H2,1H3,(H2,21,22,26). The summed E-state index contributed by atoms with van der Waals surface area (Å²) in [6, 6.07) is 8.19. The van der Waals surface area contributed by atoms with Crippen LogP contribution < -0.4 is 16.1 Å². The Bertz CT molecular complexity index is 607. The number of halogens is 1. The van der Waals surface area contributed by atoms with Crippen molar-refractivity contribution >= 4 is 17.6 Å². The molecule has 0 aromatic heterocycles. The molecular weight excluding hydrogens is 352 g/mol. The molecule has 7 heteroatoms. The minimum atomic E-state index is -0.495. The maximum atomic E-state index is 12.2. The first-order valence-corrected chi connectivity index (χ1v) is 9.86. The second-order valence-corrected chi connectivity index (χ2v) is 7.96. The third-order valence-corrected chi connectivity index (χ3v) is 5.66. The third kappa shape index (κ3) is 5.58. The van der Waals surface area contributed by atoms with E-state index in [1.54, 1.807) is 12.1 Å². The highest BCUT2D eigenvalue weighted by molar-refractivity contribution is 6.30. The van der Waals surface area contributed by atoms with Gasteiger partial charge in [0.15, 0.2) is 0 Å². The molecule has 2 atom stereocenters. The lowest BCUT2D eigenvalue weighted by Crippen LogP contribution is -2.60. The van der Waals surface area contributed by atoms with E-state index in [-0.39, 0.29) is 18.2 Å². The number of carbonyl (C=O) groups is 1. The van der Waals surface area contributed by atoms with Crippen molar-refractivity contribution in [2.75, 3.05) is 7.05 Å². The van der Waals surface area contributed by atoms with Crippen LogP contribution in [0.3, 0.4) is 0 Å². The van der Waals surface area contributed by atoms with E-state index in [1.807, 2.05) is 18.2 Å². The summed E-state index contributed by atoms with van der Waals surface area (Å²) >= 11 is 6.06. The predicted octanol–water partition coefficient (Wildman–Crippen LogP) is 2.62. The van der Waals surface area contributed by atoms with E-state index in [9.17, 15) is 9.90 Å². The van der Waals surface area contributed by atoms with Crippen LogP contribution in [-0.4, -0.2) is 41.6 Å². The number of carbonyl (C=O) groups excluding carboxylic acids is 1. The van der Waals surface area contributed by atoms with Crippen LogP contribution >= 0.6 is 11.6 Å². The number of amides is 2. The minimum Gasteiger partial charge on any atom is -0.377 e. The molecule has 0 radical (unpaired) electrons. The topological polar surface area (TPSA) is 76.6 Å². The van der Waals surface area contributed by atoms with Crippen molar-refractivity contribution in [1.29, 1.82) is 0 Å². The number of aliphatic hydroxyl groups is 1. The molecule has 1 aliphatic heterocycles. The van der Waals surface area contributed by atoms with Crippen molar-refractivity contribution in [3.63, 3.8) is 0 Å². The zero-order valence-corrected chi connectivity index (χ0v) is 16.0. The molecule has 2 unspecified atom stereocenters. The van der Waals surface area contributed by atoms with E-state index in [4.69, 9.17) is 11.6 Å². The van der Waals surface area contributed by atoms with E-state index in [0.717, 1.165) is 37.1 Å². The molecule has 3 rings (SSSR count). The maximum absolute atomic E-state index is 12.2. The van der Waals surface area contributed by atoms with E-state index in [0.29, 0.717) is 18.8 Å². The van der Waals surface area contributed by atoms with Crippen molar-refractivity contribution < 1.29 is 9.90 Å². The van der Waals surface area contributed by atoms with Gasteiger partial charge in [-0.05, 0) is 68.6 Å². The van der Waals surface area contributed by atoms with Gasteiger partial charge in [0.1, 0.15) is 6.23 Å². The monoisotopic (exact) mass is 380 g/mol. The summed E-state index contributed by atoms with van der Waals surface area (Å²) in [5.74, 6) is 0.657. The number of aliphatic hydroxyl groups excluding tert-OH is 1. The van der Waals surface area contributed by atoms with Gasteiger partial charge in [0.05, 0.1) is 6.17 Å². The van der Waals surface area contributed by atoms with Gasteiger partial charge in [-0.2, -0.15) is 0 Å². The fraction of sp³-hybridized carbons (Fsp3) is 0.632. The number of nitrogens with zero attached hydrogens (tertiary/aromatic N) is 1. The summed E-state index contributed by atoms with van der Waals surface area (Å²) in [5, 5.41) is 18.1. The average Bonchev–Trinajstić information content (AvgIpc) is 2.60. The first kappa shape index (κ1) is 19.4. The van der Waals surface area contributed by atoms with Crippen LogP contribution in [0, 0.1) is 5.92 Å². The highest BCUT2D eigenvalue weighted by Gasteiger charge is 2.26. The van der Waals surface area contributed by atoms with Gasteiger partial charge in [0.2, 0.25) is 0 Å². The smallest absolute Gasteiger partial charge is 0.316 e. The Morgan fingerprint density at radius 3 is 2.69 bits per heavy atom. The molecule has 1 aromatic carbocycles. The molecular formula is C19H29ClN4O2. The lowest BCUT2D eigenvalue weighted by atomic mass is 9.82. The molecule has 0 bridgehead atoms. The molecule has 1 aromatic rings. The van der Waals surface area contributed by atoms with Gasteiger partial charge in [-0.25, -0.2) is 15.2 Å². The Morgan fingerprint density at radius 1 is 1.23 bits per heavy atom. The first-order valence-electron chi connectivity index (χ1n) is 9.48. The van der Waals surface area contributed by atoms with Crippen molar-refractivity contribution in [2.24, 2.45) is 5.92 Å². The van der Waals surface area contributed by atoms with Crippen LogP contribution in [0.5, 0.6) is 0 Å². The molecule has 1 heterocycles. The van der Waals surface area contributed by atoms with E-state index >= 15 is 0 Å². The molecule has 26 heavy (non-hydrogen) atoms. The Balaban J connectivity index is 1.37. The normalized spacial score (nSPS) is 30.0. The minimum absolute atomic E-state index is 0.134. The zero-order chi connectivity index (χ0) is 18.5. The van der Waals surface area contributed by atoms with Gasteiger partial charge < -0.3 is 15.7 Å². The van der Waals surface area contributed by atoms with Crippen LogP contribution in [-0.2, 0) is 6.42 Å². The number of urea groups is 1. The molecule has 0 spiro atoms. The molecule has 2 aliphatic rings. The lowest BCUT2D eigenvalue weighted by molar-refractivity contribution is -0.0602. The molecule has 1 aliphatic carbocycles. The Kier molecular flexibility index (Phi) is 6.75. The van der Waals surface area contributed by atoms with Crippen molar-refractivity contribution in [3.05, 3.63) is 34.9 Å². The largest absolute Gasteiger partial charge is 0.377 e. The molecule has 144 valence electrons. The van der Waals surface area contributed by atoms with Crippen LogP contribution in [0.4, 0.5) is 4.79 Å². The van der Waals surface area contributed by atoms with E-state index < -0.39 is 6.23 Å². The quantitative estimate of drug-likeness (QED) is 0.647. The van der Waals surface area contributed by atoms with Gasteiger partial charge in [-0.3, -0.25) is 0 Å². The molecule has 2 amide bonds. The second kappa shape index (κ2) is 9.04. The van der Waals surface area contributed by atoms with E-state index in [2.05, 4.69) is 22.1 Å². The van der Waals surface area contributed by atoms with Gasteiger partial charge in [0, 0.05) is 18.1 Å². The average molecular weight is 381 g/mol. The zero-order valence-electron chi connectivity index (χ0n) is 15.2. The Morgan fingerprint density at radius 2 is 2.00 bits per heavy atom. The first-order chi connectivity index (χ1) is 12.5. The van der Waals surface area contributed by atoms with Crippen LogP contribution in [0.25, 0.3) is 0 Å². The van der Waals surface area contributed by atoms with Crippen molar-refractivity contribution in [1.82, 2.24) is 21.1 Å². The lowest BCUT2D eigenvalue weighted by Gasteiger charge is -2.36.